The average Bonchev–Trinajstić information content (AvgIpc) is 2.38. The molecule has 0 aliphatic carbocycles. The minimum atomic E-state index is -0.908. The summed E-state index contributed by atoms with van der Waals surface area (Å²) in [6, 6.07) is 5.05. The first-order valence-electron chi connectivity index (χ1n) is 5.88. The van der Waals surface area contributed by atoms with Crippen LogP contribution < -0.4 is 5.32 Å². The number of aliphatic carboxylic acids is 1. The minimum absolute atomic E-state index is 0.00481. The van der Waals surface area contributed by atoms with Crippen molar-refractivity contribution in [1.82, 2.24) is 4.90 Å². The van der Waals surface area contributed by atoms with Gasteiger partial charge < -0.3 is 15.3 Å². The number of carboxylic acids is 1. The normalized spacial score (nSPS) is 9.85. The zero-order chi connectivity index (χ0) is 15.1. The summed E-state index contributed by atoms with van der Waals surface area (Å²) >= 11 is 0. The first kappa shape index (κ1) is 15.4. The van der Waals surface area contributed by atoms with E-state index in [1.54, 1.807) is 7.05 Å². The maximum Gasteiger partial charge on any atom is 0.321 e. The van der Waals surface area contributed by atoms with Crippen LogP contribution in [0.2, 0.25) is 0 Å². The van der Waals surface area contributed by atoms with E-state index in [4.69, 9.17) is 5.11 Å². The fraction of sp³-hybridized carbons (Fsp3) is 0.333. The van der Waals surface area contributed by atoms with Gasteiger partial charge in [-0.15, -0.1) is 0 Å². The molecule has 0 saturated heterocycles. The number of hydrogen-bond donors (Lipinski definition) is 2. The molecule has 2 N–H and O–H groups in total. The van der Waals surface area contributed by atoms with Gasteiger partial charge in [0.1, 0.15) is 0 Å². The highest BCUT2D eigenvalue weighted by Gasteiger charge is 2.10. The molecular formula is C12H15N3O5. The second-order valence-electron chi connectivity index (χ2n) is 4.15. The van der Waals surface area contributed by atoms with E-state index in [9.17, 15) is 19.7 Å². The maximum absolute atomic E-state index is 11.7. The van der Waals surface area contributed by atoms with Crippen LogP contribution in [0.15, 0.2) is 24.3 Å². The summed E-state index contributed by atoms with van der Waals surface area (Å²) in [5.41, 5.74) is 0.378. The average molecular weight is 281 g/mol. The Kier molecular flexibility index (Phi) is 5.45. The van der Waals surface area contributed by atoms with Gasteiger partial charge in [0.2, 0.25) is 0 Å². The maximum atomic E-state index is 11.7. The summed E-state index contributed by atoms with van der Waals surface area (Å²) in [6.07, 6.45) is 0.356. The monoisotopic (exact) mass is 281 g/mol. The number of rotatable bonds is 6. The van der Waals surface area contributed by atoms with Crippen LogP contribution in [0, 0.1) is 10.1 Å². The number of urea groups is 1. The van der Waals surface area contributed by atoms with Gasteiger partial charge in [-0.1, -0.05) is 0 Å². The molecule has 8 heteroatoms. The number of anilines is 1. The third-order valence-electron chi connectivity index (χ3n) is 2.56. The van der Waals surface area contributed by atoms with Crippen LogP contribution in [-0.2, 0) is 4.79 Å². The van der Waals surface area contributed by atoms with Gasteiger partial charge in [-0.3, -0.25) is 14.9 Å². The lowest BCUT2D eigenvalue weighted by Gasteiger charge is -2.17. The molecular weight excluding hydrogens is 266 g/mol. The number of amides is 2. The first-order chi connectivity index (χ1) is 9.40. The van der Waals surface area contributed by atoms with Crippen LogP contribution in [-0.4, -0.2) is 40.5 Å². The zero-order valence-electron chi connectivity index (χ0n) is 10.9. The van der Waals surface area contributed by atoms with Gasteiger partial charge in [0.05, 0.1) is 4.92 Å². The van der Waals surface area contributed by atoms with Gasteiger partial charge in [0.15, 0.2) is 0 Å². The predicted molar refractivity (Wildman–Crippen MR) is 71.6 cm³/mol. The smallest absolute Gasteiger partial charge is 0.321 e. The molecule has 0 radical (unpaired) electrons. The summed E-state index contributed by atoms with van der Waals surface area (Å²) < 4.78 is 0. The molecule has 0 saturated carbocycles. The van der Waals surface area contributed by atoms with Crippen molar-refractivity contribution in [2.75, 3.05) is 18.9 Å². The topological polar surface area (TPSA) is 113 Å². The van der Waals surface area contributed by atoms with Crippen LogP contribution in [0.3, 0.4) is 0 Å². The molecule has 0 unspecified atom stereocenters. The van der Waals surface area contributed by atoms with E-state index >= 15 is 0 Å². The van der Waals surface area contributed by atoms with Crippen molar-refractivity contribution < 1.29 is 19.6 Å². The molecule has 20 heavy (non-hydrogen) atoms. The predicted octanol–water partition coefficient (Wildman–Crippen LogP) is 1.92. The van der Waals surface area contributed by atoms with Gasteiger partial charge in [0, 0.05) is 37.8 Å². The third-order valence-corrected chi connectivity index (χ3v) is 2.56. The Hall–Kier alpha value is -2.64. The van der Waals surface area contributed by atoms with E-state index in [1.807, 2.05) is 0 Å². The van der Waals surface area contributed by atoms with Crippen LogP contribution in [0.4, 0.5) is 16.2 Å². The van der Waals surface area contributed by atoms with Crippen molar-refractivity contribution in [2.24, 2.45) is 0 Å². The van der Waals surface area contributed by atoms with Crippen molar-refractivity contribution in [2.45, 2.75) is 12.8 Å². The third kappa shape index (κ3) is 4.92. The fourth-order valence-corrected chi connectivity index (χ4v) is 1.45. The number of hydrogen-bond acceptors (Lipinski definition) is 4. The van der Waals surface area contributed by atoms with Crippen molar-refractivity contribution in [3.8, 4) is 0 Å². The van der Waals surface area contributed by atoms with Gasteiger partial charge >= 0.3 is 12.0 Å². The number of carbonyl (C=O) groups excluding carboxylic acids is 1. The number of non-ortho nitro benzene ring substituents is 1. The summed E-state index contributed by atoms with van der Waals surface area (Å²) in [7, 11) is 1.54. The number of nitro groups is 1. The highest BCUT2D eigenvalue weighted by Crippen LogP contribution is 2.15. The highest BCUT2D eigenvalue weighted by molar-refractivity contribution is 5.89. The molecule has 0 spiro atoms. The van der Waals surface area contributed by atoms with E-state index in [2.05, 4.69) is 5.32 Å². The van der Waals surface area contributed by atoms with E-state index in [0.29, 0.717) is 18.7 Å². The fourth-order valence-electron chi connectivity index (χ4n) is 1.45. The Morgan fingerprint density at radius 3 is 2.45 bits per heavy atom. The largest absolute Gasteiger partial charge is 0.481 e. The number of carbonyl (C=O) groups is 2. The van der Waals surface area contributed by atoms with Crippen LogP contribution in [0.25, 0.3) is 0 Å². The molecule has 1 aromatic carbocycles. The van der Waals surface area contributed by atoms with Crippen molar-refractivity contribution in [3.05, 3.63) is 34.4 Å². The lowest BCUT2D eigenvalue weighted by Crippen LogP contribution is -2.32. The molecule has 0 aromatic heterocycles. The minimum Gasteiger partial charge on any atom is -0.481 e. The first-order valence-corrected chi connectivity index (χ1v) is 5.88. The SMILES string of the molecule is CN(CCCC(=O)O)C(=O)Nc1ccc([N+](=O)[O-])cc1. The highest BCUT2D eigenvalue weighted by atomic mass is 16.6. The Morgan fingerprint density at radius 1 is 1.35 bits per heavy atom. The Labute approximate surface area is 115 Å². The molecule has 0 fully saturated rings. The second-order valence-corrected chi connectivity index (χ2v) is 4.15. The quantitative estimate of drug-likeness (QED) is 0.611. The number of nitro benzene ring substituents is 1. The van der Waals surface area contributed by atoms with Crippen molar-refractivity contribution >= 4 is 23.4 Å². The van der Waals surface area contributed by atoms with E-state index in [0.717, 1.165) is 0 Å². The van der Waals surface area contributed by atoms with Gasteiger partial charge in [0.25, 0.3) is 5.69 Å². The zero-order valence-corrected chi connectivity index (χ0v) is 10.9. The Bertz CT molecular complexity index is 500. The van der Waals surface area contributed by atoms with Crippen LogP contribution in [0.5, 0.6) is 0 Å². The molecule has 1 aromatic rings. The van der Waals surface area contributed by atoms with E-state index in [-0.39, 0.29) is 12.1 Å². The lowest BCUT2D eigenvalue weighted by molar-refractivity contribution is -0.384. The number of benzene rings is 1. The van der Waals surface area contributed by atoms with Crippen LogP contribution >= 0.6 is 0 Å². The summed E-state index contributed by atoms with van der Waals surface area (Å²) in [6.45, 7) is 0.311. The van der Waals surface area contributed by atoms with Crippen LogP contribution in [0.1, 0.15) is 12.8 Å². The lowest BCUT2D eigenvalue weighted by atomic mass is 10.3. The van der Waals surface area contributed by atoms with Crippen molar-refractivity contribution in [1.29, 1.82) is 0 Å². The molecule has 1 rings (SSSR count). The van der Waals surface area contributed by atoms with Gasteiger partial charge in [-0.25, -0.2) is 4.79 Å². The number of nitrogens with zero attached hydrogens (tertiary/aromatic N) is 2. The Balaban J connectivity index is 2.48. The summed E-state index contributed by atoms with van der Waals surface area (Å²) in [5.74, 6) is -0.908. The molecule has 0 atom stereocenters. The summed E-state index contributed by atoms with van der Waals surface area (Å²) in [4.78, 5) is 33.4. The number of nitrogens with one attached hydrogen (secondary N) is 1. The van der Waals surface area contributed by atoms with Crippen molar-refractivity contribution in [3.63, 3.8) is 0 Å². The molecule has 2 amide bonds. The summed E-state index contributed by atoms with van der Waals surface area (Å²) in [5, 5.41) is 21.5. The van der Waals surface area contributed by atoms with Gasteiger partial charge in [-0.2, -0.15) is 0 Å². The molecule has 0 aliphatic heterocycles. The standard InChI is InChI=1S/C12H15N3O5/c1-14(8-2-3-11(16)17)12(18)13-9-4-6-10(7-5-9)15(19)20/h4-7H,2-3,8H2,1H3,(H,13,18)(H,16,17). The molecule has 8 nitrogen and oxygen atoms in total. The van der Waals surface area contributed by atoms with E-state index < -0.39 is 16.9 Å². The Morgan fingerprint density at radius 2 is 1.95 bits per heavy atom. The molecule has 0 aliphatic rings. The number of carboxylic acid groups (broad SMARTS) is 1. The van der Waals surface area contributed by atoms with E-state index in [1.165, 1.54) is 29.2 Å². The molecule has 108 valence electrons. The van der Waals surface area contributed by atoms with Gasteiger partial charge in [-0.05, 0) is 18.6 Å². The molecule has 0 heterocycles. The second kappa shape index (κ2) is 7.07. The molecule has 0 bridgehead atoms.